The minimum absolute atomic E-state index is 0. The summed E-state index contributed by atoms with van der Waals surface area (Å²) in [6.07, 6.45) is 0. The van der Waals surface area contributed by atoms with E-state index in [1.807, 2.05) is 0 Å². The monoisotopic (exact) mass is 367 g/mol. The van der Waals surface area contributed by atoms with Gasteiger partial charge in [0.2, 0.25) is 0 Å². The Morgan fingerprint density at radius 2 is 1.80 bits per heavy atom. The maximum Gasteiger partial charge on any atom is 0 e. The van der Waals surface area contributed by atoms with Crippen molar-refractivity contribution in [3.05, 3.63) is 0 Å². The fourth-order valence-corrected chi connectivity index (χ4v) is 0. The van der Waals surface area contributed by atoms with Crippen molar-refractivity contribution in [1.82, 2.24) is 0 Å². The molecule has 0 aromatic rings. The van der Waals surface area contributed by atoms with Gasteiger partial charge in [0.05, 0.1) is 0 Å². The second-order valence-corrected chi connectivity index (χ2v) is 8.03. The minimum Gasteiger partial charge on any atom is -0.715 e. The molecule has 0 spiro atoms. The van der Waals surface area contributed by atoms with Crippen LogP contribution in [0.5, 0.6) is 0 Å². The molecule has 0 aliphatic rings. The van der Waals surface area contributed by atoms with Crippen LogP contribution in [0.25, 0.3) is 0 Å². The largest absolute Gasteiger partial charge is 0.715 e. The second kappa shape index (κ2) is 6.48. The minimum atomic E-state index is -0.0556. The average molecular weight is 367 g/mol. The van der Waals surface area contributed by atoms with E-state index >= 15 is 0 Å². The third-order valence-corrected chi connectivity index (χ3v) is 0. The first kappa shape index (κ1) is 10.5. The van der Waals surface area contributed by atoms with Gasteiger partial charge in [-0.2, -0.15) is 0 Å². The molecule has 0 radical (unpaired) electrons. The van der Waals surface area contributed by atoms with E-state index in [2.05, 4.69) is 28.1 Å². The van der Waals surface area contributed by atoms with Gasteiger partial charge in [-0.15, -0.1) is 16.5 Å². The van der Waals surface area contributed by atoms with E-state index in [9.17, 15) is 0 Å². The number of hydrogen-bond acceptors (Lipinski definition) is 1. The predicted octanol–water partition coefficient (Wildman–Crippen LogP) is 0.914. The Balaban J connectivity index is 0. The molecule has 0 saturated carbocycles. The first-order valence-electron chi connectivity index (χ1n) is 0.606. The van der Waals surface area contributed by atoms with Crippen molar-refractivity contribution in [2.24, 2.45) is 0 Å². The SMILES string of the molecule is P=S(P)[S-].[U]. The Morgan fingerprint density at radius 1 is 1.80 bits per heavy atom. The average Bonchev–Trinajstić information content (AvgIpc) is 0.811. The van der Waals surface area contributed by atoms with Gasteiger partial charge in [-0.1, -0.05) is 0 Å². The van der Waals surface area contributed by atoms with Gasteiger partial charge in [0.25, 0.3) is 0 Å². The van der Waals surface area contributed by atoms with Crippen molar-refractivity contribution < 1.29 is 31.1 Å². The summed E-state index contributed by atoms with van der Waals surface area (Å²) >= 11 is 4.52. The fraction of sp³-hybridized carbons (Fsp3) is 0. The van der Waals surface area contributed by atoms with Crippen molar-refractivity contribution in [1.29, 1.82) is 0 Å². The smallest absolute Gasteiger partial charge is 0 e. The van der Waals surface area contributed by atoms with Crippen molar-refractivity contribution in [3.63, 3.8) is 0 Å². The Labute approximate surface area is 67.2 Å². The molecular weight excluding hydrogens is 364 g/mol. The predicted molar refractivity (Wildman–Crippen MR) is 32.8 cm³/mol. The van der Waals surface area contributed by atoms with Gasteiger partial charge in [-0.25, -0.2) is 0 Å². The standard InChI is InChI=1S/H3P2S2.U/c1-4(2)3;/h1H,2H2;/q-1;. The van der Waals surface area contributed by atoms with E-state index in [1.165, 1.54) is 0 Å². The van der Waals surface area contributed by atoms with Crippen LogP contribution in [-0.4, -0.2) is 0 Å². The molecule has 0 aromatic carbocycles. The maximum atomic E-state index is 4.52. The third kappa shape index (κ3) is 21.1. The Morgan fingerprint density at radius 3 is 1.80 bits per heavy atom. The normalized spacial score (nSPS) is 12.4. The van der Waals surface area contributed by atoms with Crippen molar-refractivity contribution in [3.8, 4) is 0 Å². The zero-order valence-electron chi connectivity index (χ0n) is 2.39. The molecule has 0 fully saturated rings. The van der Waals surface area contributed by atoms with Crippen LogP contribution in [0, 0.1) is 31.1 Å². The van der Waals surface area contributed by atoms with Gasteiger partial charge < -0.3 is 11.7 Å². The Bertz CT molecular complexity index is 30.6. The summed E-state index contributed by atoms with van der Waals surface area (Å²) in [5.41, 5.74) is 0. The summed E-state index contributed by atoms with van der Waals surface area (Å²) in [6, 6.07) is 0. The van der Waals surface area contributed by atoms with E-state index in [-0.39, 0.29) is 39.8 Å². The molecule has 5 heavy (non-hydrogen) atoms. The third-order valence-electron chi connectivity index (χ3n) is 0. The Kier molecular flexibility index (Phi) is 13.6. The molecule has 0 nitrogen and oxygen atoms in total. The summed E-state index contributed by atoms with van der Waals surface area (Å²) in [5.74, 6) is 0. The molecule has 30 valence electrons. The van der Waals surface area contributed by atoms with Crippen LogP contribution in [0.2, 0.25) is 0 Å². The summed E-state index contributed by atoms with van der Waals surface area (Å²) in [5, 5.41) is 0. The topological polar surface area (TPSA) is 0 Å². The molecule has 2 unspecified atom stereocenters. The molecule has 0 aromatic heterocycles. The zero-order chi connectivity index (χ0) is 3.58. The van der Waals surface area contributed by atoms with Crippen molar-refractivity contribution >= 4 is 36.8 Å². The number of hydrogen-bond donors (Lipinski definition) is 0. The Hall–Kier alpha value is 2.48. The van der Waals surface area contributed by atoms with Crippen LogP contribution in [0.3, 0.4) is 0 Å². The van der Waals surface area contributed by atoms with Gasteiger partial charge in [-0.3, -0.25) is 8.72 Å². The maximum absolute atomic E-state index is 4.52. The molecule has 2 atom stereocenters. The van der Waals surface area contributed by atoms with Crippen LogP contribution in [0.4, 0.5) is 0 Å². The van der Waals surface area contributed by atoms with E-state index in [0.717, 1.165) is 0 Å². The molecule has 0 rings (SSSR count). The fourth-order valence-electron chi connectivity index (χ4n) is 0. The van der Waals surface area contributed by atoms with Crippen molar-refractivity contribution in [2.75, 3.05) is 0 Å². The molecule has 0 bridgehead atoms. The van der Waals surface area contributed by atoms with E-state index in [0.29, 0.717) is 0 Å². The van der Waals surface area contributed by atoms with Crippen LogP contribution >= 0.6 is 16.5 Å². The molecule has 0 aliphatic carbocycles. The van der Waals surface area contributed by atoms with E-state index < -0.39 is 0 Å². The van der Waals surface area contributed by atoms with Crippen molar-refractivity contribution in [2.45, 2.75) is 0 Å². The molecule has 0 heterocycles. The van der Waals surface area contributed by atoms with Gasteiger partial charge >= 0.3 is 0 Å². The summed E-state index contributed by atoms with van der Waals surface area (Å²) < 4.78 is 0. The van der Waals surface area contributed by atoms with E-state index in [1.54, 1.807) is 0 Å². The van der Waals surface area contributed by atoms with Crippen LogP contribution in [-0.2, 0) is 20.4 Å². The molecule has 0 N–H and O–H groups in total. The molecule has 0 saturated heterocycles. The molecule has 0 aliphatic heterocycles. The quantitative estimate of drug-likeness (QED) is 0.349. The van der Waals surface area contributed by atoms with Crippen LogP contribution in [0.15, 0.2) is 0 Å². The molecular formula is H3P2S2U-. The van der Waals surface area contributed by atoms with Crippen LogP contribution < -0.4 is 0 Å². The first-order chi connectivity index (χ1) is 1.73. The van der Waals surface area contributed by atoms with Gasteiger partial charge in [0, 0.05) is 31.1 Å². The van der Waals surface area contributed by atoms with E-state index in [4.69, 9.17) is 0 Å². The molecule has 5 heteroatoms. The van der Waals surface area contributed by atoms with Gasteiger partial charge in [-0.05, 0) is 0 Å². The zero-order valence-corrected chi connectivity index (χ0v) is 10.3. The summed E-state index contributed by atoms with van der Waals surface area (Å²) in [7, 11) is 5.48. The first-order valence-corrected chi connectivity index (χ1v) is 5.46. The second-order valence-electron chi connectivity index (χ2n) is 0.297. The summed E-state index contributed by atoms with van der Waals surface area (Å²) in [6.45, 7) is 0. The summed E-state index contributed by atoms with van der Waals surface area (Å²) in [4.78, 5) is 0. The molecule has 0 amide bonds. The van der Waals surface area contributed by atoms with Gasteiger partial charge in [0.15, 0.2) is 0 Å². The van der Waals surface area contributed by atoms with Gasteiger partial charge in [0.1, 0.15) is 0 Å². The van der Waals surface area contributed by atoms with Crippen LogP contribution in [0.1, 0.15) is 0 Å². The number of rotatable bonds is 0.